The second kappa shape index (κ2) is 11.4. The van der Waals surface area contributed by atoms with E-state index in [4.69, 9.17) is 14.5 Å². The lowest BCUT2D eigenvalue weighted by molar-refractivity contribution is 0.0767. The Hall–Kier alpha value is -4.59. The number of benzene rings is 3. The average molecular weight is 564 g/mol. The fourth-order valence-electron chi connectivity index (χ4n) is 5.40. The number of carbonyl (C=O) groups is 1. The normalized spacial score (nSPS) is 14.3. The third kappa shape index (κ3) is 5.75. The predicted octanol–water partition coefficient (Wildman–Crippen LogP) is 6.66. The van der Waals surface area contributed by atoms with E-state index in [9.17, 15) is 9.18 Å². The van der Waals surface area contributed by atoms with Crippen molar-refractivity contribution < 1.29 is 13.7 Å². The molecule has 1 fully saturated rings. The maximum atomic E-state index is 13.4. The largest absolute Gasteiger partial charge is 0.354 e. The summed E-state index contributed by atoms with van der Waals surface area (Å²) in [6.45, 7) is 8.97. The molecule has 214 valence electrons. The van der Waals surface area contributed by atoms with Crippen LogP contribution in [0.5, 0.6) is 0 Å². The molecule has 6 rings (SSSR count). The molecule has 5 aromatic rings. The fraction of sp³-hybridized carbons (Fsp3) is 0.294. The van der Waals surface area contributed by atoms with Crippen LogP contribution in [0.2, 0.25) is 0 Å². The Morgan fingerprint density at radius 2 is 1.62 bits per heavy atom. The standard InChI is InChI=1S/C34H34FN5O2/c1-34(2,3)26-14-10-24(11-15-26)30-29-31(36-28(37-32(29)42-38-30)22-23-8-5-4-6-9-23)39-18-7-19-40(21-20-39)33(41)25-12-16-27(35)17-13-25/h4-6,8-17H,7,18-22H2,1-3H3. The van der Waals surface area contributed by atoms with Gasteiger partial charge in [-0.25, -0.2) is 9.37 Å². The average Bonchev–Trinajstić information content (AvgIpc) is 3.26. The van der Waals surface area contributed by atoms with E-state index in [1.807, 2.05) is 23.1 Å². The molecule has 1 saturated heterocycles. The van der Waals surface area contributed by atoms with Crippen LogP contribution in [0, 0.1) is 5.82 Å². The van der Waals surface area contributed by atoms with Crippen LogP contribution in [0.25, 0.3) is 22.4 Å². The number of anilines is 1. The minimum atomic E-state index is -0.356. The third-order valence-corrected chi connectivity index (χ3v) is 7.77. The van der Waals surface area contributed by atoms with E-state index < -0.39 is 0 Å². The molecule has 42 heavy (non-hydrogen) atoms. The number of rotatable bonds is 5. The Labute approximate surface area is 245 Å². The molecular weight excluding hydrogens is 529 g/mol. The van der Waals surface area contributed by atoms with E-state index >= 15 is 0 Å². The number of hydrogen-bond acceptors (Lipinski definition) is 6. The van der Waals surface area contributed by atoms with E-state index in [-0.39, 0.29) is 17.1 Å². The summed E-state index contributed by atoms with van der Waals surface area (Å²) in [6, 6.07) is 24.2. The van der Waals surface area contributed by atoms with Gasteiger partial charge in [-0.2, -0.15) is 4.98 Å². The molecule has 0 unspecified atom stereocenters. The number of aromatic nitrogens is 3. The van der Waals surface area contributed by atoms with Gasteiger partial charge in [0, 0.05) is 43.7 Å². The Morgan fingerprint density at radius 1 is 0.881 bits per heavy atom. The van der Waals surface area contributed by atoms with E-state index in [2.05, 4.69) is 67.2 Å². The van der Waals surface area contributed by atoms with Crippen molar-refractivity contribution in [3.05, 3.63) is 107 Å². The molecule has 0 bridgehead atoms. The molecule has 1 amide bonds. The van der Waals surface area contributed by atoms with Gasteiger partial charge in [-0.15, -0.1) is 0 Å². The minimum absolute atomic E-state index is 0.0360. The van der Waals surface area contributed by atoms with Crippen molar-refractivity contribution in [1.29, 1.82) is 0 Å². The summed E-state index contributed by atoms with van der Waals surface area (Å²) >= 11 is 0. The highest BCUT2D eigenvalue weighted by Gasteiger charge is 2.26. The van der Waals surface area contributed by atoms with Crippen LogP contribution in [-0.2, 0) is 11.8 Å². The summed E-state index contributed by atoms with van der Waals surface area (Å²) in [6.07, 6.45) is 1.32. The van der Waals surface area contributed by atoms with E-state index in [0.29, 0.717) is 55.4 Å². The van der Waals surface area contributed by atoms with Gasteiger partial charge < -0.3 is 14.3 Å². The summed E-state index contributed by atoms with van der Waals surface area (Å²) in [7, 11) is 0. The highest BCUT2D eigenvalue weighted by atomic mass is 19.1. The van der Waals surface area contributed by atoms with Crippen molar-refractivity contribution >= 4 is 22.8 Å². The Bertz CT molecular complexity index is 1690. The number of amides is 1. The summed E-state index contributed by atoms with van der Waals surface area (Å²) in [5, 5.41) is 5.25. The molecule has 0 saturated carbocycles. The first-order valence-electron chi connectivity index (χ1n) is 14.4. The smallest absolute Gasteiger partial charge is 0.263 e. The van der Waals surface area contributed by atoms with Gasteiger partial charge in [-0.1, -0.05) is 80.5 Å². The fourth-order valence-corrected chi connectivity index (χ4v) is 5.40. The molecule has 2 aromatic heterocycles. The zero-order valence-electron chi connectivity index (χ0n) is 24.2. The number of halogens is 1. The van der Waals surface area contributed by atoms with E-state index in [1.165, 1.54) is 17.7 Å². The van der Waals surface area contributed by atoms with Gasteiger partial charge in [0.05, 0.1) is 0 Å². The monoisotopic (exact) mass is 563 g/mol. The van der Waals surface area contributed by atoms with Crippen LogP contribution in [0.1, 0.15) is 54.5 Å². The lowest BCUT2D eigenvalue weighted by Gasteiger charge is -2.24. The maximum Gasteiger partial charge on any atom is 0.263 e. The zero-order valence-corrected chi connectivity index (χ0v) is 24.2. The molecule has 0 N–H and O–H groups in total. The summed E-state index contributed by atoms with van der Waals surface area (Å²) in [5.41, 5.74) is 4.95. The first kappa shape index (κ1) is 27.6. The Balaban J connectivity index is 1.36. The predicted molar refractivity (Wildman–Crippen MR) is 162 cm³/mol. The highest BCUT2D eigenvalue weighted by Crippen LogP contribution is 2.35. The van der Waals surface area contributed by atoms with Gasteiger partial charge >= 0.3 is 0 Å². The minimum Gasteiger partial charge on any atom is -0.354 e. The van der Waals surface area contributed by atoms with Gasteiger partial charge in [0.15, 0.2) is 0 Å². The van der Waals surface area contributed by atoms with Crippen LogP contribution in [-0.4, -0.2) is 52.1 Å². The number of hydrogen-bond donors (Lipinski definition) is 0. The summed E-state index contributed by atoms with van der Waals surface area (Å²) in [5.74, 6) is 0.959. The van der Waals surface area contributed by atoms with Crippen LogP contribution < -0.4 is 4.90 Å². The molecule has 0 atom stereocenters. The number of carbonyl (C=O) groups excluding carboxylic acids is 1. The third-order valence-electron chi connectivity index (χ3n) is 7.77. The van der Waals surface area contributed by atoms with Crippen LogP contribution in [0.4, 0.5) is 10.2 Å². The second-order valence-electron chi connectivity index (χ2n) is 11.8. The zero-order chi connectivity index (χ0) is 29.3. The molecule has 3 aromatic carbocycles. The van der Waals surface area contributed by atoms with Crippen molar-refractivity contribution in [2.24, 2.45) is 0 Å². The quantitative estimate of drug-likeness (QED) is 0.238. The van der Waals surface area contributed by atoms with Crippen molar-refractivity contribution in [2.75, 3.05) is 31.1 Å². The Kier molecular flexibility index (Phi) is 7.45. The second-order valence-corrected chi connectivity index (χ2v) is 11.8. The number of nitrogens with zero attached hydrogens (tertiary/aromatic N) is 5. The van der Waals surface area contributed by atoms with Gasteiger partial charge in [0.1, 0.15) is 28.5 Å². The molecule has 1 aliphatic rings. The lowest BCUT2D eigenvalue weighted by atomic mass is 9.86. The molecule has 0 radical (unpaired) electrons. The van der Waals surface area contributed by atoms with Gasteiger partial charge in [-0.3, -0.25) is 4.79 Å². The molecular formula is C34H34FN5O2. The lowest BCUT2D eigenvalue weighted by Crippen LogP contribution is -2.35. The van der Waals surface area contributed by atoms with Crippen molar-refractivity contribution in [1.82, 2.24) is 20.0 Å². The molecule has 0 spiro atoms. The first-order chi connectivity index (χ1) is 20.3. The SMILES string of the molecule is CC(C)(C)c1ccc(-c2noc3nc(Cc4ccccc4)nc(N4CCCN(C(=O)c5ccc(F)cc5)CC4)c23)cc1. The maximum absolute atomic E-state index is 13.4. The van der Waals surface area contributed by atoms with Crippen molar-refractivity contribution in [3.63, 3.8) is 0 Å². The molecule has 8 heteroatoms. The van der Waals surface area contributed by atoms with Gasteiger partial charge in [0.25, 0.3) is 11.6 Å². The molecule has 1 aliphatic heterocycles. The Morgan fingerprint density at radius 3 is 2.33 bits per heavy atom. The number of fused-ring (bicyclic) bond motifs is 1. The molecule has 3 heterocycles. The van der Waals surface area contributed by atoms with Gasteiger partial charge in [-0.05, 0) is 47.2 Å². The van der Waals surface area contributed by atoms with Gasteiger partial charge in [0.2, 0.25) is 0 Å². The first-order valence-corrected chi connectivity index (χ1v) is 14.4. The van der Waals surface area contributed by atoms with Crippen LogP contribution >= 0.6 is 0 Å². The van der Waals surface area contributed by atoms with Crippen LogP contribution in [0.3, 0.4) is 0 Å². The molecule has 0 aliphatic carbocycles. The van der Waals surface area contributed by atoms with E-state index in [0.717, 1.165) is 28.8 Å². The topological polar surface area (TPSA) is 75.4 Å². The summed E-state index contributed by atoms with van der Waals surface area (Å²) in [4.78, 5) is 27.1. The van der Waals surface area contributed by atoms with Crippen molar-refractivity contribution in [3.8, 4) is 11.3 Å². The van der Waals surface area contributed by atoms with Crippen LogP contribution in [0.15, 0.2) is 83.4 Å². The van der Waals surface area contributed by atoms with Crippen molar-refractivity contribution in [2.45, 2.75) is 39.0 Å². The summed E-state index contributed by atoms with van der Waals surface area (Å²) < 4.78 is 19.3. The van der Waals surface area contributed by atoms with E-state index in [1.54, 1.807) is 12.1 Å². The molecule has 7 nitrogen and oxygen atoms in total. The highest BCUT2D eigenvalue weighted by molar-refractivity contribution is 5.98.